The quantitative estimate of drug-likeness (QED) is 0.398. The van der Waals surface area contributed by atoms with Crippen molar-refractivity contribution in [3.8, 4) is 22.9 Å². The first-order valence-corrected chi connectivity index (χ1v) is 10.2. The Morgan fingerprint density at radius 1 is 0.970 bits per heavy atom. The molecule has 0 fully saturated rings. The number of H-pyrrole nitrogens is 1. The highest BCUT2D eigenvalue weighted by atomic mass is 16.5. The summed E-state index contributed by atoms with van der Waals surface area (Å²) in [5, 5.41) is 5.09. The van der Waals surface area contributed by atoms with Gasteiger partial charge in [-0.25, -0.2) is 10.4 Å². The average Bonchev–Trinajstić information content (AvgIpc) is 3.30. The van der Waals surface area contributed by atoms with Crippen molar-refractivity contribution in [3.05, 3.63) is 83.9 Å². The Hall–Kier alpha value is -4.59. The zero-order valence-corrected chi connectivity index (χ0v) is 18.0. The molecule has 164 valence electrons. The molecule has 0 saturated heterocycles. The number of benzene rings is 3. The van der Waals surface area contributed by atoms with Crippen molar-refractivity contribution >= 4 is 27.9 Å². The molecule has 8 heteroatoms. The van der Waals surface area contributed by atoms with Crippen LogP contribution in [0.1, 0.15) is 10.4 Å². The number of hydrogen-bond donors (Lipinski definition) is 2. The molecule has 0 spiro atoms. The molecule has 0 radical (unpaired) electrons. The number of methoxy groups -OCH3 is 2. The summed E-state index contributed by atoms with van der Waals surface area (Å²) < 4.78 is 16.6. The zero-order chi connectivity index (χ0) is 22.8. The molecule has 2 heterocycles. The summed E-state index contributed by atoms with van der Waals surface area (Å²) in [4.78, 5) is 20.6. The standard InChI is InChI=1S/C25H20N4O4/c1-31-17-7-5-6-15(12-17)24(30)28-29-25-19(23-26-20-8-3-4-9-21(20)27-23)14-16-13-18(32-2)10-11-22(16)33-25/h3-14H,1-2H3,(H,26,27)(H,28,30)/b29-25+. The Balaban J connectivity index is 1.62. The summed E-state index contributed by atoms with van der Waals surface area (Å²) in [7, 11) is 3.15. The predicted molar refractivity (Wildman–Crippen MR) is 124 cm³/mol. The van der Waals surface area contributed by atoms with Gasteiger partial charge in [-0.15, -0.1) is 5.10 Å². The van der Waals surface area contributed by atoms with Crippen LogP contribution < -0.4 is 20.5 Å². The number of imidazole rings is 1. The molecule has 0 atom stereocenters. The molecular weight excluding hydrogens is 420 g/mol. The van der Waals surface area contributed by atoms with Crippen LogP contribution in [0.15, 0.2) is 82.3 Å². The summed E-state index contributed by atoms with van der Waals surface area (Å²) in [5.74, 6) is 1.45. The SMILES string of the molecule is COc1cccc(C(=O)N/N=c2/oc3ccc(OC)cc3cc2-c2nc3ccccc3[nH]2)c1. The molecule has 0 bridgehead atoms. The fraction of sp³-hybridized carbons (Fsp3) is 0.0800. The maximum Gasteiger partial charge on any atom is 0.271 e. The third kappa shape index (κ3) is 4.01. The molecule has 2 aromatic heterocycles. The van der Waals surface area contributed by atoms with Crippen molar-refractivity contribution in [2.75, 3.05) is 14.2 Å². The van der Waals surface area contributed by atoms with Gasteiger partial charge in [0.15, 0.2) is 0 Å². The maximum atomic E-state index is 12.7. The Labute approximate surface area is 188 Å². The van der Waals surface area contributed by atoms with Gasteiger partial charge in [0.25, 0.3) is 5.91 Å². The van der Waals surface area contributed by atoms with Crippen molar-refractivity contribution in [3.63, 3.8) is 0 Å². The van der Waals surface area contributed by atoms with Crippen LogP contribution in [0.2, 0.25) is 0 Å². The predicted octanol–water partition coefficient (Wildman–Crippen LogP) is 4.24. The molecule has 5 aromatic rings. The van der Waals surface area contributed by atoms with E-state index in [1.54, 1.807) is 50.6 Å². The molecule has 0 aliphatic rings. The molecule has 0 aliphatic heterocycles. The summed E-state index contributed by atoms with van der Waals surface area (Å²) in [6.07, 6.45) is 0. The van der Waals surface area contributed by atoms with Crippen LogP contribution in [0.4, 0.5) is 0 Å². The molecule has 3 aromatic carbocycles. The van der Waals surface area contributed by atoms with Crippen LogP contribution in [0, 0.1) is 0 Å². The van der Waals surface area contributed by atoms with E-state index in [0.29, 0.717) is 34.0 Å². The first kappa shape index (κ1) is 20.3. The number of aromatic nitrogens is 2. The van der Waals surface area contributed by atoms with Gasteiger partial charge >= 0.3 is 0 Å². The number of nitrogens with zero attached hydrogens (tertiary/aromatic N) is 2. The molecule has 0 unspecified atom stereocenters. The molecular formula is C25H20N4O4. The minimum Gasteiger partial charge on any atom is -0.497 e. The van der Waals surface area contributed by atoms with Gasteiger partial charge in [0, 0.05) is 10.9 Å². The van der Waals surface area contributed by atoms with Gasteiger partial charge in [0.2, 0.25) is 5.55 Å². The van der Waals surface area contributed by atoms with Crippen molar-refractivity contribution in [2.24, 2.45) is 5.10 Å². The van der Waals surface area contributed by atoms with Crippen LogP contribution in [0.3, 0.4) is 0 Å². The van der Waals surface area contributed by atoms with Gasteiger partial charge in [-0.2, -0.15) is 0 Å². The first-order chi connectivity index (χ1) is 16.1. The van der Waals surface area contributed by atoms with Crippen LogP contribution in [0.5, 0.6) is 11.5 Å². The van der Waals surface area contributed by atoms with E-state index in [1.807, 2.05) is 36.4 Å². The Kier molecular flexibility index (Phi) is 5.24. The lowest BCUT2D eigenvalue weighted by Crippen LogP contribution is -2.22. The number of ether oxygens (including phenoxy) is 2. The molecule has 5 rings (SSSR count). The maximum absolute atomic E-state index is 12.7. The highest BCUT2D eigenvalue weighted by Crippen LogP contribution is 2.24. The largest absolute Gasteiger partial charge is 0.497 e. The van der Waals surface area contributed by atoms with Gasteiger partial charge < -0.3 is 18.9 Å². The van der Waals surface area contributed by atoms with Gasteiger partial charge in [0.05, 0.1) is 30.8 Å². The van der Waals surface area contributed by atoms with Crippen LogP contribution >= 0.6 is 0 Å². The summed E-state index contributed by atoms with van der Waals surface area (Å²) in [6.45, 7) is 0. The normalized spacial score (nSPS) is 11.6. The molecule has 33 heavy (non-hydrogen) atoms. The number of para-hydroxylation sites is 2. The minimum absolute atomic E-state index is 0.211. The number of hydrogen-bond acceptors (Lipinski definition) is 6. The lowest BCUT2D eigenvalue weighted by molar-refractivity contribution is 0.0951. The smallest absolute Gasteiger partial charge is 0.271 e. The Bertz CT molecular complexity index is 1520. The first-order valence-electron chi connectivity index (χ1n) is 10.2. The Morgan fingerprint density at radius 2 is 1.79 bits per heavy atom. The number of nitrogens with one attached hydrogen (secondary N) is 2. The highest BCUT2D eigenvalue weighted by molar-refractivity contribution is 5.94. The van der Waals surface area contributed by atoms with Gasteiger partial charge in [-0.3, -0.25) is 4.79 Å². The van der Waals surface area contributed by atoms with E-state index >= 15 is 0 Å². The molecule has 2 N–H and O–H groups in total. The third-order valence-electron chi connectivity index (χ3n) is 5.19. The van der Waals surface area contributed by atoms with E-state index in [9.17, 15) is 4.79 Å². The molecule has 8 nitrogen and oxygen atoms in total. The van der Waals surface area contributed by atoms with Crippen molar-refractivity contribution in [1.29, 1.82) is 0 Å². The van der Waals surface area contributed by atoms with E-state index in [-0.39, 0.29) is 5.55 Å². The number of aromatic amines is 1. The van der Waals surface area contributed by atoms with Crippen molar-refractivity contribution in [1.82, 2.24) is 15.4 Å². The van der Waals surface area contributed by atoms with E-state index in [4.69, 9.17) is 13.9 Å². The van der Waals surface area contributed by atoms with Crippen LogP contribution in [0.25, 0.3) is 33.4 Å². The van der Waals surface area contributed by atoms with Crippen molar-refractivity contribution < 1.29 is 18.7 Å². The number of carbonyl (C=O) groups excluding carboxylic acids is 1. The number of carbonyl (C=O) groups is 1. The summed E-state index contributed by atoms with van der Waals surface area (Å²) >= 11 is 0. The van der Waals surface area contributed by atoms with E-state index in [0.717, 1.165) is 16.4 Å². The second-order valence-corrected chi connectivity index (χ2v) is 7.26. The lowest BCUT2D eigenvalue weighted by atomic mass is 10.1. The monoisotopic (exact) mass is 440 g/mol. The highest BCUT2D eigenvalue weighted by Gasteiger charge is 2.13. The van der Waals surface area contributed by atoms with Gasteiger partial charge in [-0.1, -0.05) is 18.2 Å². The van der Waals surface area contributed by atoms with E-state index in [2.05, 4.69) is 20.5 Å². The molecule has 1 amide bonds. The van der Waals surface area contributed by atoms with E-state index < -0.39 is 5.91 Å². The summed E-state index contributed by atoms with van der Waals surface area (Å²) in [5.41, 5.74) is 6.06. The topological polar surface area (TPSA) is 102 Å². The van der Waals surface area contributed by atoms with Crippen LogP contribution in [-0.4, -0.2) is 30.1 Å². The third-order valence-corrected chi connectivity index (χ3v) is 5.19. The lowest BCUT2D eigenvalue weighted by Gasteiger charge is -2.06. The minimum atomic E-state index is -0.394. The fourth-order valence-corrected chi connectivity index (χ4v) is 3.50. The van der Waals surface area contributed by atoms with E-state index in [1.165, 1.54) is 0 Å². The zero-order valence-electron chi connectivity index (χ0n) is 18.0. The molecule has 0 saturated carbocycles. The van der Waals surface area contributed by atoms with Crippen molar-refractivity contribution in [2.45, 2.75) is 0 Å². The molecule has 0 aliphatic carbocycles. The van der Waals surface area contributed by atoms with Crippen LogP contribution in [-0.2, 0) is 0 Å². The number of fused-ring (bicyclic) bond motifs is 2. The van der Waals surface area contributed by atoms with Gasteiger partial charge in [-0.05, 0) is 54.6 Å². The second kappa shape index (κ2) is 8.51. The fourth-order valence-electron chi connectivity index (χ4n) is 3.50. The number of rotatable bonds is 5. The van der Waals surface area contributed by atoms with Gasteiger partial charge in [0.1, 0.15) is 22.9 Å². The second-order valence-electron chi connectivity index (χ2n) is 7.26. The average molecular weight is 440 g/mol. The number of amides is 1. The summed E-state index contributed by atoms with van der Waals surface area (Å²) in [6, 6.07) is 21.9. The Morgan fingerprint density at radius 3 is 2.61 bits per heavy atom.